The Hall–Kier alpha value is -5.23. The number of carbonyl (C=O) groups is 2. The van der Waals surface area contributed by atoms with Crippen molar-refractivity contribution in [3.63, 3.8) is 0 Å². The molecule has 4 aromatic rings. The molecule has 2 aromatic heterocycles. The molecule has 1 spiro atoms. The van der Waals surface area contributed by atoms with Gasteiger partial charge in [0.25, 0.3) is 11.8 Å². The zero-order valence-corrected chi connectivity index (χ0v) is 28.8. The van der Waals surface area contributed by atoms with Crippen molar-refractivity contribution in [2.24, 2.45) is 5.92 Å². The minimum atomic E-state index is -5.05. The Morgan fingerprint density at radius 1 is 1.06 bits per heavy atom. The maximum Gasteiger partial charge on any atom is 0.435 e. The van der Waals surface area contributed by atoms with Gasteiger partial charge in [-0.2, -0.15) is 27.1 Å². The van der Waals surface area contributed by atoms with Gasteiger partial charge in [0.1, 0.15) is 35.2 Å². The topological polar surface area (TPSA) is 109 Å². The molecule has 2 amide bonds. The van der Waals surface area contributed by atoms with Crippen molar-refractivity contribution < 1.29 is 45.4 Å². The third-order valence-corrected chi connectivity index (χ3v) is 10.6. The van der Waals surface area contributed by atoms with Gasteiger partial charge < -0.3 is 15.7 Å². The summed E-state index contributed by atoms with van der Waals surface area (Å²) in [7, 11) is 0. The van der Waals surface area contributed by atoms with Crippen molar-refractivity contribution in [2.75, 3.05) is 0 Å². The lowest BCUT2D eigenvalue weighted by Crippen LogP contribution is -2.36. The van der Waals surface area contributed by atoms with Crippen LogP contribution < -0.4 is 10.6 Å². The van der Waals surface area contributed by atoms with Gasteiger partial charge in [0.2, 0.25) is 5.91 Å². The van der Waals surface area contributed by atoms with Crippen molar-refractivity contribution in [1.82, 2.24) is 25.4 Å². The minimum absolute atomic E-state index is 0.0224. The van der Waals surface area contributed by atoms with Crippen molar-refractivity contribution in [1.29, 1.82) is 0 Å². The van der Waals surface area contributed by atoms with Crippen LogP contribution in [0.2, 0.25) is 0 Å². The molecule has 0 radical (unpaired) electrons. The number of rotatable bonds is 7. The Bertz CT molecular complexity index is 2290. The standard InChI is InChI=1S/C39H32F7N5O3/c1-36(2,54)10-9-23-4-5-24(20-3-7-27-26(16-20)35(53)49-37(27)11-12-37)32(47-23)29(15-19-13-21(40)17-22(41)14-19)48-30(52)18-51-34-31(33(50-51)39(44,45)46)25-6-8-28(25)38(34,42)43/h3-5,7,13-14,16-17,25,28-29,54H,6,8,11-12,15,18H2,1-2H3,(H,48,52)(H,49,53)/t25-,28+,29-/m0/s1. The second kappa shape index (κ2) is 12.1. The van der Waals surface area contributed by atoms with Crippen molar-refractivity contribution >= 4 is 11.8 Å². The van der Waals surface area contributed by atoms with Gasteiger partial charge in [-0.25, -0.2) is 13.8 Å². The lowest BCUT2D eigenvalue weighted by molar-refractivity contribution is -0.144. The zero-order valence-electron chi connectivity index (χ0n) is 28.8. The lowest BCUT2D eigenvalue weighted by atomic mass is 9.73. The molecule has 8 rings (SSSR count). The van der Waals surface area contributed by atoms with Crippen LogP contribution in [0.25, 0.3) is 11.1 Å². The van der Waals surface area contributed by atoms with Crippen LogP contribution in [-0.4, -0.2) is 37.3 Å². The normalized spacial score (nSPS) is 20.6. The summed E-state index contributed by atoms with van der Waals surface area (Å²) in [6, 6.07) is 9.79. The summed E-state index contributed by atoms with van der Waals surface area (Å²) in [6.07, 6.45) is -3.65. The van der Waals surface area contributed by atoms with E-state index in [1.54, 1.807) is 24.3 Å². The van der Waals surface area contributed by atoms with Crippen molar-refractivity contribution in [3.05, 3.63) is 105 Å². The maximum absolute atomic E-state index is 15.6. The quantitative estimate of drug-likeness (QED) is 0.142. The predicted octanol–water partition coefficient (Wildman–Crippen LogP) is 6.80. The molecule has 3 N–H and O–H groups in total. The van der Waals surface area contributed by atoms with Crippen LogP contribution in [-0.2, 0) is 35.4 Å². The maximum atomic E-state index is 15.6. The Labute approximate surface area is 304 Å². The fourth-order valence-electron chi connectivity index (χ4n) is 7.97. The molecule has 2 fully saturated rings. The average Bonchev–Trinajstić information content (AvgIpc) is 3.59. The Kier molecular flexibility index (Phi) is 8.05. The number of nitrogens with zero attached hydrogens (tertiary/aromatic N) is 3. The highest BCUT2D eigenvalue weighted by Crippen LogP contribution is 2.64. The van der Waals surface area contributed by atoms with E-state index in [-0.39, 0.29) is 42.1 Å². The number of hydrogen-bond acceptors (Lipinski definition) is 5. The molecule has 8 nitrogen and oxygen atoms in total. The molecule has 2 saturated carbocycles. The molecular weight excluding hydrogens is 719 g/mol. The summed E-state index contributed by atoms with van der Waals surface area (Å²) >= 11 is 0. The minimum Gasteiger partial charge on any atom is -0.378 e. The van der Waals surface area contributed by atoms with E-state index < -0.39 is 82.2 Å². The number of amides is 2. The molecule has 0 bridgehead atoms. The summed E-state index contributed by atoms with van der Waals surface area (Å²) in [6.45, 7) is 1.87. The molecular formula is C39H32F7N5O3. The first-order chi connectivity index (χ1) is 25.3. The zero-order chi connectivity index (χ0) is 38.5. The molecule has 15 heteroatoms. The summed E-state index contributed by atoms with van der Waals surface area (Å²) < 4.78 is 103. The van der Waals surface area contributed by atoms with Crippen LogP contribution in [0.3, 0.4) is 0 Å². The number of pyridine rings is 1. The van der Waals surface area contributed by atoms with E-state index in [1.807, 2.05) is 0 Å². The van der Waals surface area contributed by atoms with Crippen LogP contribution in [0.5, 0.6) is 0 Å². The SMILES string of the molecule is CC(C)(O)C#Cc1ccc(-c2ccc3c(c2)C(=O)NC32CC2)c([C@H](Cc2cc(F)cc(F)c2)NC(=O)Cn2nc(C(F)(F)F)c3c2C(F)(F)[C@@H]2CC[C@H]32)n1. The van der Waals surface area contributed by atoms with Crippen LogP contribution in [0.4, 0.5) is 30.7 Å². The highest BCUT2D eigenvalue weighted by molar-refractivity contribution is 6.01. The molecule has 54 heavy (non-hydrogen) atoms. The Morgan fingerprint density at radius 3 is 2.41 bits per heavy atom. The molecule has 3 atom stereocenters. The third kappa shape index (κ3) is 6.19. The van der Waals surface area contributed by atoms with Crippen molar-refractivity contribution in [2.45, 2.75) is 87.7 Å². The fraction of sp³-hybridized carbons (Fsp3) is 0.385. The molecule has 2 aromatic carbocycles. The number of hydrogen-bond donors (Lipinski definition) is 3. The van der Waals surface area contributed by atoms with Gasteiger partial charge in [-0.05, 0) is 105 Å². The van der Waals surface area contributed by atoms with Gasteiger partial charge in [-0.1, -0.05) is 18.1 Å². The second-order valence-corrected chi connectivity index (χ2v) is 15.0. The molecule has 1 aliphatic heterocycles. The molecule has 4 aliphatic rings. The number of alkyl halides is 5. The summed E-state index contributed by atoms with van der Waals surface area (Å²) in [5, 5.41) is 19.4. The summed E-state index contributed by atoms with van der Waals surface area (Å²) in [4.78, 5) is 31.5. The second-order valence-electron chi connectivity index (χ2n) is 15.0. The van der Waals surface area contributed by atoms with Gasteiger partial charge in [-0.3, -0.25) is 14.3 Å². The summed E-state index contributed by atoms with van der Waals surface area (Å²) in [5.74, 6) is -3.78. The van der Waals surface area contributed by atoms with E-state index in [0.29, 0.717) is 27.4 Å². The lowest BCUT2D eigenvalue weighted by Gasteiger charge is -2.34. The van der Waals surface area contributed by atoms with Crippen LogP contribution in [0, 0.1) is 29.4 Å². The first-order valence-electron chi connectivity index (χ1n) is 17.4. The van der Waals surface area contributed by atoms with E-state index >= 15 is 8.78 Å². The number of aliphatic hydroxyl groups is 1. The number of benzene rings is 2. The van der Waals surface area contributed by atoms with E-state index in [4.69, 9.17) is 0 Å². The average molecular weight is 752 g/mol. The number of nitrogens with one attached hydrogen (secondary N) is 2. The number of carbonyl (C=O) groups excluding carboxylic acids is 2. The van der Waals surface area contributed by atoms with Gasteiger partial charge in [0.15, 0.2) is 5.69 Å². The molecule has 3 heterocycles. The number of fused-ring (bicyclic) bond motifs is 5. The number of aromatic nitrogens is 3. The van der Waals surface area contributed by atoms with Gasteiger partial charge in [0.05, 0.1) is 17.3 Å². The predicted molar refractivity (Wildman–Crippen MR) is 179 cm³/mol. The Morgan fingerprint density at radius 2 is 1.78 bits per heavy atom. The molecule has 280 valence electrons. The molecule has 0 saturated heterocycles. The molecule has 0 unspecified atom stereocenters. The summed E-state index contributed by atoms with van der Waals surface area (Å²) in [5.41, 5.74) is -2.50. The van der Waals surface area contributed by atoms with Gasteiger partial charge in [0, 0.05) is 28.7 Å². The van der Waals surface area contributed by atoms with Crippen LogP contribution >= 0.6 is 0 Å². The fourth-order valence-corrected chi connectivity index (χ4v) is 7.97. The monoisotopic (exact) mass is 751 g/mol. The van der Waals surface area contributed by atoms with Gasteiger partial charge in [-0.15, -0.1) is 0 Å². The highest BCUT2D eigenvalue weighted by atomic mass is 19.4. The molecule has 3 aliphatic carbocycles. The largest absolute Gasteiger partial charge is 0.435 e. The Balaban J connectivity index is 1.22. The number of halogens is 7. The van der Waals surface area contributed by atoms with E-state index in [1.165, 1.54) is 19.9 Å². The van der Waals surface area contributed by atoms with Crippen molar-refractivity contribution in [3.8, 4) is 23.0 Å². The van der Waals surface area contributed by atoms with Crippen LogP contribution in [0.1, 0.15) is 101 Å². The van der Waals surface area contributed by atoms with E-state index in [0.717, 1.165) is 30.5 Å². The van der Waals surface area contributed by atoms with Crippen LogP contribution in [0.15, 0.2) is 48.5 Å². The third-order valence-electron chi connectivity index (χ3n) is 10.6. The first-order valence-corrected chi connectivity index (χ1v) is 17.4. The van der Waals surface area contributed by atoms with E-state index in [2.05, 4.69) is 32.6 Å². The highest BCUT2D eigenvalue weighted by Gasteiger charge is 2.63. The smallest absolute Gasteiger partial charge is 0.378 e. The van der Waals surface area contributed by atoms with E-state index in [9.17, 15) is 36.6 Å². The first kappa shape index (κ1) is 35.8. The van der Waals surface area contributed by atoms with Gasteiger partial charge >= 0.3 is 6.18 Å².